The summed E-state index contributed by atoms with van der Waals surface area (Å²) in [6.07, 6.45) is 12.9. The van der Waals surface area contributed by atoms with Crippen molar-refractivity contribution in [2.75, 3.05) is 52.1 Å². The number of carbonyl (C=O) groups is 9. The van der Waals surface area contributed by atoms with Crippen LogP contribution in [0.2, 0.25) is 0 Å². The summed E-state index contributed by atoms with van der Waals surface area (Å²) in [5, 5.41) is 18.1. The first-order valence-electron chi connectivity index (χ1n) is 23.8. The van der Waals surface area contributed by atoms with Crippen LogP contribution in [0, 0.1) is 23.7 Å². The highest BCUT2D eigenvalue weighted by molar-refractivity contribution is 6.37. The van der Waals surface area contributed by atoms with Gasteiger partial charge in [-0.2, -0.15) is 0 Å². The summed E-state index contributed by atoms with van der Waals surface area (Å²) in [6, 6.07) is 5.34. The van der Waals surface area contributed by atoms with Crippen molar-refractivity contribution in [3.8, 4) is 0 Å². The van der Waals surface area contributed by atoms with Crippen molar-refractivity contribution in [2.45, 2.75) is 117 Å². The fraction of sp³-hybridized carbons (Fsp3) is 0.604. The lowest BCUT2D eigenvalue weighted by Crippen LogP contribution is -2.54. The van der Waals surface area contributed by atoms with Crippen molar-refractivity contribution in [1.29, 1.82) is 0 Å². The molecule has 68 heavy (non-hydrogen) atoms. The molecule has 1 saturated heterocycles. The predicted octanol–water partition coefficient (Wildman–Crippen LogP) is 2.56. The predicted molar refractivity (Wildman–Crippen MR) is 255 cm³/mol. The molecule has 0 radical (unpaired) electrons. The quantitative estimate of drug-likeness (QED) is 0.113. The molecule has 2 aromatic rings. The van der Waals surface area contributed by atoms with Gasteiger partial charge in [-0.3, -0.25) is 43.3 Å². The number of urea groups is 1. The normalized spacial score (nSPS) is 17.6. The molecule has 5 rings (SSSR count). The van der Waals surface area contributed by atoms with E-state index < -0.39 is 90.9 Å². The highest BCUT2D eigenvalue weighted by Gasteiger charge is 2.41. The number of benzene rings is 1. The monoisotopic (exact) mass is 948 g/mol. The number of hydrogen-bond acceptors (Lipinski definition) is 11. The van der Waals surface area contributed by atoms with E-state index in [1.165, 1.54) is 34.8 Å². The molecule has 3 aliphatic rings. The van der Waals surface area contributed by atoms with Crippen LogP contribution in [-0.4, -0.2) is 138 Å². The number of likely N-dealkylation sites (tertiary alicyclic amines) is 1. The van der Waals surface area contributed by atoms with Crippen molar-refractivity contribution >= 4 is 58.9 Å². The maximum atomic E-state index is 13.5. The van der Waals surface area contributed by atoms with Gasteiger partial charge in [0.15, 0.2) is 0 Å². The minimum atomic E-state index is -1.14. The molecule has 1 aromatic heterocycles. The van der Waals surface area contributed by atoms with Gasteiger partial charge in [-0.15, -0.1) is 0 Å². The molecule has 1 aliphatic heterocycles. The van der Waals surface area contributed by atoms with Crippen molar-refractivity contribution in [3.05, 3.63) is 54.6 Å². The molecule has 0 bridgehead atoms. The van der Waals surface area contributed by atoms with E-state index >= 15 is 0 Å². The van der Waals surface area contributed by atoms with Crippen LogP contribution < -0.4 is 37.2 Å². The van der Waals surface area contributed by atoms with Gasteiger partial charge in [-0.25, -0.2) is 9.78 Å². The fourth-order valence-electron chi connectivity index (χ4n) is 7.95. The summed E-state index contributed by atoms with van der Waals surface area (Å²) in [5.74, 6) is -6.15. The lowest BCUT2D eigenvalue weighted by Gasteiger charge is -2.30. The van der Waals surface area contributed by atoms with Gasteiger partial charge >= 0.3 is 6.03 Å². The summed E-state index contributed by atoms with van der Waals surface area (Å²) >= 11 is 0. The van der Waals surface area contributed by atoms with Crippen LogP contribution in [-0.2, 0) is 33.6 Å². The van der Waals surface area contributed by atoms with Crippen LogP contribution in [0.25, 0.3) is 0 Å². The maximum Gasteiger partial charge on any atom is 0.321 e. The molecule has 0 spiro atoms. The zero-order valence-corrected chi connectivity index (χ0v) is 40.7. The first-order valence-corrected chi connectivity index (χ1v) is 23.8. The number of nitrogens with one attached hydrogen (secondary N) is 7. The molecule has 2 aliphatic carbocycles. The maximum absolute atomic E-state index is 13.5. The number of anilines is 1. The Labute approximate surface area is 400 Å². The third kappa shape index (κ3) is 19.0. The van der Waals surface area contributed by atoms with Crippen molar-refractivity contribution in [2.24, 2.45) is 23.7 Å². The van der Waals surface area contributed by atoms with Crippen molar-refractivity contribution < 1.29 is 43.2 Å². The second-order valence-corrected chi connectivity index (χ2v) is 18.2. The summed E-state index contributed by atoms with van der Waals surface area (Å²) in [4.78, 5) is 128. The Morgan fingerprint density at radius 2 is 1.31 bits per heavy atom. The van der Waals surface area contributed by atoms with Gasteiger partial charge in [0.1, 0.15) is 17.8 Å². The van der Waals surface area contributed by atoms with Gasteiger partial charge in [0.05, 0.1) is 37.8 Å². The summed E-state index contributed by atoms with van der Waals surface area (Å²) in [6.45, 7) is 8.63. The Morgan fingerprint density at radius 1 is 0.721 bits per heavy atom. The standard InChI is InChI=1S/C41H55N11O9.C4H10.C3H8/c1-51(2)40(60)35(26-13-9-10-14-26)49-33(55)22-45-38(58)31(53)20-44-36(56)28-23-52(41(61)47-27-15-7-4-8-16-27)24-30(28)48-32(54)21-46-39(59)34(25-11-5-3-6-12-25)50-37(57)29-19-42-17-18-43-29;1-4(2)3;1-3-2/h4,7-8,15-19,25-26,28,30,34-35H,3,5-6,9-14,20-24H2,1-2H3,(H,44,56)(H,45,58)(H,46,59)(H,47,61)(H,48,54)(H,49,55)(H,50,57);4H,1-3H3;3H2,1-2H3/t28-,30+,34?,35?;;/m1../s1. The highest BCUT2D eigenvalue weighted by atomic mass is 16.2. The van der Waals surface area contributed by atoms with E-state index in [0.717, 1.165) is 50.9 Å². The average Bonchev–Trinajstić information content (AvgIpc) is 4.02. The molecule has 20 heteroatoms. The van der Waals surface area contributed by atoms with Gasteiger partial charge in [-0.05, 0) is 55.6 Å². The van der Waals surface area contributed by atoms with Crippen molar-refractivity contribution in [1.82, 2.24) is 51.7 Å². The number of para-hydroxylation sites is 1. The largest absolute Gasteiger partial charge is 0.349 e. The number of aromatic nitrogens is 2. The average molecular weight is 948 g/mol. The smallest absolute Gasteiger partial charge is 0.321 e. The van der Waals surface area contributed by atoms with E-state index in [0.29, 0.717) is 18.5 Å². The zero-order valence-electron chi connectivity index (χ0n) is 40.7. The van der Waals surface area contributed by atoms with E-state index in [9.17, 15) is 43.2 Å². The number of likely N-dealkylation sites (N-methyl/N-ethyl adjacent to an activating group) is 1. The van der Waals surface area contributed by atoms with E-state index in [1.54, 1.807) is 44.4 Å². The van der Waals surface area contributed by atoms with Crippen LogP contribution >= 0.6 is 0 Å². The summed E-state index contributed by atoms with van der Waals surface area (Å²) < 4.78 is 0. The topological polar surface area (TPSA) is 270 Å². The number of ketones is 1. The Balaban J connectivity index is 0.00000164. The van der Waals surface area contributed by atoms with Crippen LogP contribution in [0.1, 0.15) is 109 Å². The Bertz CT molecular complexity index is 1970. The Kier molecular flexibility index (Phi) is 24.1. The van der Waals surface area contributed by atoms with Gasteiger partial charge in [0, 0.05) is 45.3 Å². The molecule has 2 unspecified atom stereocenters. The fourth-order valence-corrected chi connectivity index (χ4v) is 7.95. The number of Topliss-reactive ketones (excluding diaryl/α,β-unsaturated/α-hetero) is 1. The molecular weight excluding hydrogens is 875 g/mol. The molecule has 2 heterocycles. The van der Waals surface area contributed by atoms with E-state index in [-0.39, 0.29) is 36.5 Å². The van der Waals surface area contributed by atoms with Gasteiger partial charge < -0.3 is 47.0 Å². The number of hydrogen-bond donors (Lipinski definition) is 7. The van der Waals surface area contributed by atoms with E-state index in [1.807, 2.05) is 0 Å². The molecule has 7 N–H and O–H groups in total. The third-order valence-electron chi connectivity index (χ3n) is 11.2. The van der Waals surface area contributed by atoms with Crippen LogP contribution in [0.4, 0.5) is 10.5 Å². The molecule has 3 fully saturated rings. The molecule has 2 saturated carbocycles. The summed E-state index contributed by atoms with van der Waals surface area (Å²) in [5.41, 5.74) is 0.526. The van der Waals surface area contributed by atoms with Gasteiger partial charge in [0.2, 0.25) is 35.3 Å². The minimum Gasteiger partial charge on any atom is -0.349 e. The SMILES string of the molecule is CC(C)C.CCC.CN(C)C(=O)C(NC(=O)CNC(=O)C(=O)CNC(=O)[C@@H]1CN(C(=O)Nc2ccccc2)C[C@@H]1NC(=O)CNC(=O)C(NC(=O)c1cnccn1)C1CCCCC1)C1CCCC1. The first kappa shape index (κ1) is 55.9. The van der Waals surface area contributed by atoms with Crippen molar-refractivity contribution in [3.63, 3.8) is 0 Å². The Morgan fingerprint density at radius 3 is 1.90 bits per heavy atom. The lowest BCUT2D eigenvalue weighted by atomic mass is 9.83. The second kappa shape index (κ2) is 29.3. The van der Waals surface area contributed by atoms with Crippen LogP contribution in [0.15, 0.2) is 48.9 Å². The summed E-state index contributed by atoms with van der Waals surface area (Å²) in [7, 11) is 3.18. The van der Waals surface area contributed by atoms with Gasteiger partial charge in [-0.1, -0.05) is 91.3 Å². The number of nitrogens with zero attached hydrogens (tertiary/aromatic N) is 4. The first-order chi connectivity index (χ1) is 32.4. The number of amides is 9. The second-order valence-electron chi connectivity index (χ2n) is 18.2. The molecular formula is C48H73N11O9. The number of carbonyl (C=O) groups excluding carboxylic acids is 9. The molecule has 374 valence electrons. The molecule has 9 amide bonds. The third-order valence-corrected chi connectivity index (χ3v) is 11.2. The molecule has 1 aromatic carbocycles. The minimum absolute atomic E-state index is 0.0346. The zero-order chi connectivity index (χ0) is 50.2. The van der Waals surface area contributed by atoms with E-state index in [4.69, 9.17) is 0 Å². The lowest BCUT2D eigenvalue weighted by molar-refractivity contribution is -0.139. The van der Waals surface area contributed by atoms with Gasteiger partial charge in [0.25, 0.3) is 11.8 Å². The van der Waals surface area contributed by atoms with Crippen LogP contribution in [0.3, 0.4) is 0 Å². The molecule has 4 atom stereocenters. The highest BCUT2D eigenvalue weighted by Crippen LogP contribution is 2.29. The Hall–Kier alpha value is -6.47. The van der Waals surface area contributed by atoms with Crippen LogP contribution in [0.5, 0.6) is 0 Å². The number of rotatable bonds is 17. The van der Waals surface area contributed by atoms with E-state index in [2.05, 4.69) is 81.8 Å². The molecule has 20 nitrogen and oxygen atoms in total.